The molecular weight excluding hydrogens is 364 g/mol. The summed E-state index contributed by atoms with van der Waals surface area (Å²) in [4.78, 5) is 14.1. The number of benzene rings is 2. The summed E-state index contributed by atoms with van der Waals surface area (Å²) in [5, 5.41) is 5.77. The van der Waals surface area contributed by atoms with Crippen molar-refractivity contribution in [3.8, 4) is 5.75 Å². The number of hydrogen-bond acceptors (Lipinski definition) is 4. The molecule has 0 radical (unpaired) electrons. The zero-order chi connectivity index (χ0) is 19.5. The summed E-state index contributed by atoms with van der Waals surface area (Å²) in [6, 6.07) is 11.5. The van der Waals surface area contributed by atoms with Crippen molar-refractivity contribution < 1.29 is 18.3 Å². The Labute approximate surface area is 162 Å². The van der Waals surface area contributed by atoms with Crippen LogP contribution in [0, 0.1) is 5.82 Å². The Hall–Kier alpha value is -2.93. The zero-order valence-corrected chi connectivity index (χ0v) is 15.3. The lowest BCUT2D eigenvalue weighted by Gasteiger charge is -2.15. The van der Waals surface area contributed by atoms with E-state index in [2.05, 4.69) is 15.5 Å². The Morgan fingerprint density at radius 3 is 2.82 bits per heavy atom. The summed E-state index contributed by atoms with van der Waals surface area (Å²) in [6.45, 7) is 2.48. The minimum absolute atomic E-state index is 0.273. The predicted molar refractivity (Wildman–Crippen MR) is 105 cm³/mol. The van der Waals surface area contributed by atoms with E-state index < -0.39 is 12.0 Å². The second kappa shape index (κ2) is 7.98. The van der Waals surface area contributed by atoms with Gasteiger partial charge in [-0.15, -0.1) is 0 Å². The van der Waals surface area contributed by atoms with Gasteiger partial charge in [0.1, 0.15) is 24.3 Å². The first kappa shape index (κ1) is 18.4. The summed E-state index contributed by atoms with van der Waals surface area (Å²) in [5.74, 6) is 0.0596. The van der Waals surface area contributed by atoms with Gasteiger partial charge in [-0.2, -0.15) is 0 Å². The maximum absolute atomic E-state index is 13.5. The molecule has 0 aromatic heterocycles. The summed E-state index contributed by atoms with van der Waals surface area (Å²) in [6.07, 6.45) is 1.45. The predicted octanol–water partition coefficient (Wildman–Crippen LogP) is 3.65. The maximum atomic E-state index is 13.5. The van der Waals surface area contributed by atoms with Crippen molar-refractivity contribution >= 4 is 22.9 Å². The Balaban J connectivity index is 1.33. The lowest BCUT2D eigenvalue weighted by molar-refractivity contribution is -0.110. The number of likely N-dealkylation sites (tertiary alicyclic amines) is 1. The minimum atomic E-state index is -0.718. The van der Waals surface area contributed by atoms with Crippen LogP contribution in [0.25, 0.3) is 5.57 Å². The highest BCUT2D eigenvalue weighted by atomic mass is 19.1. The summed E-state index contributed by atoms with van der Waals surface area (Å²) >= 11 is 0. The number of fused-ring (bicyclic) bond motifs is 1. The number of carbonyl (C=O) groups excluding carboxylic acids is 1. The van der Waals surface area contributed by atoms with Gasteiger partial charge in [0.2, 0.25) is 0 Å². The van der Waals surface area contributed by atoms with Gasteiger partial charge in [0, 0.05) is 42.8 Å². The van der Waals surface area contributed by atoms with Gasteiger partial charge in [-0.3, -0.25) is 9.69 Å². The Morgan fingerprint density at radius 1 is 1.25 bits per heavy atom. The van der Waals surface area contributed by atoms with E-state index in [1.54, 1.807) is 12.3 Å². The molecule has 1 saturated heterocycles. The summed E-state index contributed by atoms with van der Waals surface area (Å²) in [7, 11) is 0. The molecule has 2 aliphatic rings. The normalized spacial score (nSPS) is 20.3. The largest absolute Gasteiger partial charge is 0.492 e. The number of carbonyl (C=O) groups is 1. The van der Waals surface area contributed by atoms with Crippen molar-refractivity contribution in [3.05, 3.63) is 60.0 Å². The van der Waals surface area contributed by atoms with Crippen molar-refractivity contribution in [1.29, 1.82) is 0 Å². The van der Waals surface area contributed by atoms with Crippen LogP contribution < -0.4 is 15.4 Å². The van der Waals surface area contributed by atoms with Crippen LogP contribution in [0.1, 0.15) is 12.0 Å². The number of amides is 1. The number of anilines is 2. The maximum Gasteiger partial charge on any atom is 0.257 e. The second-order valence-electron chi connectivity index (χ2n) is 6.91. The standard InChI is InChI=1S/C21H21F2N3O2/c22-14-1-6-20-18(11-14)19(21(27)25-20)12-24-16-2-4-17(5-3-16)28-10-9-26-8-7-15(23)13-26/h1-6,11-12,15,24H,7-10,13H2,(H,25,27). The fourth-order valence-electron chi connectivity index (χ4n) is 3.39. The molecule has 2 aliphatic heterocycles. The third-order valence-corrected chi connectivity index (χ3v) is 4.89. The molecule has 1 unspecified atom stereocenters. The fraction of sp³-hybridized carbons (Fsp3) is 0.286. The molecule has 1 amide bonds. The summed E-state index contributed by atoms with van der Waals surface area (Å²) in [5.41, 5.74) is 2.29. The zero-order valence-electron chi connectivity index (χ0n) is 15.3. The second-order valence-corrected chi connectivity index (χ2v) is 6.91. The van der Waals surface area contributed by atoms with E-state index in [9.17, 15) is 13.6 Å². The van der Waals surface area contributed by atoms with E-state index in [0.29, 0.717) is 42.9 Å². The highest BCUT2D eigenvalue weighted by Gasteiger charge is 2.24. The number of alkyl halides is 1. The number of rotatable bonds is 6. The van der Waals surface area contributed by atoms with Gasteiger partial charge in [-0.1, -0.05) is 0 Å². The van der Waals surface area contributed by atoms with Crippen LogP contribution in [0.2, 0.25) is 0 Å². The smallest absolute Gasteiger partial charge is 0.257 e. The molecule has 4 rings (SSSR count). The molecule has 1 fully saturated rings. The molecule has 2 N–H and O–H groups in total. The monoisotopic (exact) mass is 385 g/mol. The van der Waals surface area contributed by atoms with E-state index >= 15 is 0 Å². The average molecular weight is 385 g/mol. The van der Waals surface area contributed by atoms with Crippen LogP contribution in [-0.2, 0) is 4.79 Å². The van der Waals surface area contributed by atoms with Crippen molar-refractivity contribution in [2.45, 2.75) is 12.6 Å². The van der Waals surface area contributed by atoms with Crippen molar-refractivity contribution in [2.75, 3.05) is 36.9 Å². The molecule has 5 nitrogen and oxygen atoms in total. The minimum Gasteiger partial charge on any atom is -0.492 e. The molecule has 0 bridgehead atoms. The van der Waals surface area contributed by atoms with Gasteiger partial charge in [0.15, 0.2) is 0 Å². The van der Waals surface area contributed by atoms with E-state index in [0.717, 1.165) is 18.0 Å². The van der Waals surface area contributed by atoms with Gasteiger partial charge < -0.3 is 15.4 Å². The highest BCUT2D eigenvalue weighted by Crippen LogP contribution is 2.32. The van der Waals surface area contributed by atoms with Crippen LogP contribution in [-0.4, -0.2) is 43.2 Å². The molecule has 2 heterocycles. The molecule has 0 spiro atoms. The molecule has 146 valence electrons. The third kappa shape index (κ3) is 4.14. The summed E-state index contributed by atoms with van der Waals surface area (Å²) < 4.78 is 32.3. The number of halogens is 2. The third-order valence-electron chi connectivity index (χ3n) is 4.89. The van der Waals surface area contributed by atoms with Gasteiger partial charge >= 0.3 is 0 Å². The quantitative estimate of drug-likeness (QED) is 0.746. The van der Waals surface area contributed by atoms with Crippen LogP contribution >= 0.6 is 0 Å². The first-order valence-electron chi connectivity index (χ1n) is 9.26. The molecule has 2 aromatic carbocycles. The molecule has 1 atom stereocenters. The molecule has 28 heavy (non-hydrogen) atoms. The average Bonchev–Trinajstić information content (AvgIpc) is 3.23. The lowest BCUT2D eigenvalue weighted by atomic mass is 10.1. The van der Waals surface area contributed by atoms with E-state index in [4.69, 9.17) is 4.74 Å². The lowest BCUT2D eigenvalue weighted by Crippen LogP contribution is -2.26. The van der Waals surface area contributed by atoms with E-state index in [1.807, 2.05) is 24.3 Å². The number of hydrogen-bond donors (Lipinski definition) is 2. The molecule has 7 heteroatoms. The number of nitrogens with one attached hydrogen (secondary N) is 2. The molecule has 0 saturated carbocycles. The topological polar surface area (TPSA) is 53.6 Å². The van der Waals surface area contributed by atoms with Crippen LogP contribution in [0.5, 0.6) is 5.75 Å². The van der Waals surface area contributed by atoms with Gasteiger partial charge in [-0.05, 0) is 48.9 Å². The molecule has 2 aromatic rings. The van der Waals surface area contributed by atoms with Gasteiger partial charge in [0.05, 0.1) is 5.57 Å². The number of nitrogens with zero attached hydrogens (tertiary/aromatic N) is 1. The van der Waals surface area contributed by atoms with Crippen molar-refractivity contribution in [1.82, 2.24) is 4.90 Å². The van der Waals surface area contributed by atoms with Crippen LogP contribution in [0.4, 0.5) is 20.2 Å². The molecular formula is C21H21F2N3O2. The Kier molecular flexibility index (Phi) is 5.25. The highest BCUT2D eigenvalue weighted by molar-refractivity contribution is 6.31. The van der Waals surface area contributed by atoms with Crippen molar-refractivity contribution in [3.63, 3.8) is 0 Å². The SMILES string of the molecule is O=C1Nc2ccc(F)cc2C1=CNc1ccc(OCCN2CCC(F)C2)cc1. The number of ether oxygens (including phenoxy) is 1. The first-order chi connectivity index (χ1) is 13.6. The van der Waals surface area contributed by atoms with Crippen molar-refractivity contribution in [2.24, 2.45) is 0 Å². The van der Waals surface area contributed by atoms with Gasteiger partial charge in [-0.25, -0.2) is 8.78 Å². The Morgan fingerprint density at radius 2 is 2.07 bits per heavy atom. The Bertz CT molecular complexity index is 899. The fourth-order valence-corrected chi connectivity index (χ4v) is 3.39. The van der Waals surface area contributed by atoms with Gasteiger partial charge in [0.25, 0.3) is 5.91 Å². The van der Waals surface area contributed by atoms with E-state index in [1.165, 1.54) is 12.1 Å². The van der Waals surface area contributed by atoms with E-state index in [-0.39, 0.29) is 5.91 Å². The molecule has 0 aliphatic carbocycles. The van der Waals surface area contributed by atoms with Crippen LogP contribution in [0.3, 0.4) is 0 Å². The van der Waals surface area contributed by atoms with Crippen LogP contribution in [0.15, 0.2) is 48.7 Å². The first-order valence-corrected chi connectivity index (χ1v) is 9.26.